The topological polar surface area (TPSA) is 57.1 Å². The lowest BCUT2D eigenvalue weighted by Crippen LogP contribution is -2.45. The molecule has 398 valence electrons. The Morgan fingerprint density at radius 3 is 0.910 bits per heavy atom. The van der Waals surface area contributed by atoms with Gasteiger partial charge in [-0.1, -0.05) is 310 Å². The fourth-order valence-electron chi connectivity index (χ4n) is 9.86. The summed E-state index contributed by atoms with van der Waals surface area (Å²) in [5.74, 6) is 0.145. The van der Waals surface area contributed by atoms with Crippen molar-refractivity contribution >= 4 is 11.9 Å². The Balaban J connectivity index is 4.48. The standard InChI is InChI=1S/C62H124N4O/c1-7-10-13-16-19-22-25-28-31-34-37-40-43-46-49-52-55-63-58-60(4)64-59-65-62(5,6)61(67)66(56-53-50-47-44-41-38-35-32-29-26-23-20-17-14-11-8-2)57-54-51-48-45-42-39-36-33-30-27-24-21-18-15-12-9-3/h60,63H,7-58H2,1-6H3. The van der Waals surface area contributed by atoms with Crippen molar-refractivity contribution in [1.82, 2.24) is 10.2 Å². The van der Waals surface area contributed by atoms with Gasteiger partial charge in [0.05, 0.1) is 12.1 Å². The zero-order chi connectivity index (χ0) is 48.8. The Morgan fingerprint density at radius 2 is 0.642 bits per heavy atom. The minimum atomic E-state index is -0.839. The zero-order valence-electron chi connectivity index (χ0n) is 47.1. The number of nitrogens with one attached hydrogen (secondary N) is 1. The lowest BCUT2D eigenvalue weighted by atomic mass is 10.0. The van der Waals surface area contributed by atoms with Crippen molar-refractivity contribution in [2.75, 3.05) is 26.2 Å². The van der Waals surface area contributed by atoms with Gasteiger partial charge in [-0.15, -0.1) is 0 Å². The normalized spacial score (nSPS) is 12.1. The Hall–Kier alpha value is -1.19. The van der Waals surface area contributed by atoms with Crippen LogP contribution in [-0.2, 0) is 4.79 Å². The number of hydrogen-bond donors (Lipinski definition) is 1. The predicted octanol–water partition coefficient (Wildman–Crippen LogP) is 20.5. The van der Waals surface area contributed by atoms with Gasteiger partial charge in [0.25, 0.3) is 5.91 Å². The van der Waals surface area contributed by atoms with Crippen LogP contribution in [0.4, 0.5) is 0 Å². The monoisotopic (exact) mass is 941 g/mol. The second kappa shape index (κ2) is 54.1. The molecule has 1 N–H and O–H groups in total. The molecule has 0 spiro atoms. The maximum Gasteiger partial charge on any atom is 0.250 e. The highest BCUT2D eigenvalue weighted by atomic mass is 16.2. The van der Waals surface area contributed by atoms with E-state index >= 15 is 0 Å². The van der Waals surface area contributed by atoms with E-state index < -0.39 is 5.54 Å². The molecule has 0 fully saturated rings. The van der Waals surface area contributed by atoms with Gasteiger partial charge in [0.1, 0.15) is 5.54 Å². The maximum atomic E-state index is 14.0. The van der Waals surface area contributed by atoms with Crippen LogP contribution in [0, 0.1) is 0 Å². The summed E-state index contributed by atoms with van der Waals surface area (Å²) in [4.78, 5) is 25.4. The van der Waals surface area contributed by atoms with E-state index in [2.05, 4.69) is 53.9 Å². The summed E-state index contributed by atoms with van der Waals surface area (Å²) in [7, 11) is 0. The summed E-state index contributed by atoms with van der Waals surface area (Å²) in [5.41, 5.74) is -0.839. The molecule has 0 rings (SSSR count). The molecule has 0 bridgehead atoms. The van der Waals surface area contributed by atoms with Crippen LogP contribution in [0.5, 0.6) is 0 Å². The Bertz CT molecular complexity index is 1000. The molecule has 1 unspecified atom stereocenters. The second-order valence-electron chi connectivity index (χ2n) is 22.2. The van der Waals surface area contributed by atoms with Crippen LogP contribution in [0.25, 0.3) is 0 Å². The van der Waals surface area contributed by atoms with Crippen LogP contribution in [0.15, 0.2) is 9.98 Å². The van der Waals surface area contributed by atoms with Gasteiger partial charge < -0.3 is 10.2 Å². The molecule has 67 heavy (non-hydrogen) atoms. The molecule has 0 heterocycles. The Kier molecular flexibility index (Phi) is 53.2. The van der Waals surface area contributed by atoms with E-state index in [0.29, 0.717) is 0 Å². The average Bonchev–Trinajstić information content (AvgIpc) is 3.32. The molecule has 0 aliphatic rings. The van der Waals surface area contributed by atoms with E-state index in [4.69, 9.17) is 0 Å². The fraction of sp³-hybridized carbons (Fsp3) is 0.968. The lowest BCUT2D eigenvalue weighted by Gasteiger charge is -2.29. The van der Waals surface area contributed by atoms with Gasteiger partial charge >= 0.3 is 0 Å². The third-order valence-electron chi connectivity index (χ3n) is 14.6. The molecule has 1 atom stereocenters. The summed E-state index contributed by atoms with van der Waals surface area (Å²) in [6.45, 7) is 16.5. The van der Waals surface area contributed by atoms with Crippen molar-refractivity contribution in [3.8, 4) is 0 Å². The van der Waals surface area contributed by atoms with Crippen molar-refractivity contribution in [2.24, 2.45) is 9.98 Å². The minimum absolute atomic E-state index is 0.0991. The molecule has 0 radical (unpaired) electrons. The number of rotatable bonds is 56. The highest BCUT2D eigenvalue weighted by Gasteiger charge is 2.31. The number of carbonyl (C=O) groups excluding carboxylic acids is 1. The summed E-state index contributed by atoms with van der Waals surface area (Å²) < 4.78 is 0. The van der Waals surface area contributed by atoms with E-state index in [-0.39, 0.29) is 11.9 Å². The molecule has 0 saturated carbocycles. The number of aliphatic imine (C=N–C) groups is 2. The van der Waals surface area contributed by atoms with E-state index in [1.54, 1.807) is 0 Å². The minimum Gasteiger partial charge on any atom is -0.341 e. The van der Waals surface area contributed by atoms with Crippen LogP contribution in [0.1, 0.15) is 350 Å². The SMILES string of the molecule is CCCCCCCCCCCCCCCCCCNCC(C)N=C=NC(C)(C)C(=O)N(CCCCCCCCCCCCCCCCCC)CCCCCCCCCCCCCCCCCC. The van der Waals surface area contributed by atoms with E-state index in [9.17, 15) is 4.79 Å². The molecule has 0 saturated heterocycles. The number of hydrogen-bond acceptors (Lipinski definition) is 4. The van der Waals surface area contributed by atoms with Gasteiger partial charge in [0.15, 0.2) is 0 Å². The smallest absolute Gasteiger partial charge is 0.250 e. The number of nitrogens with zero attached hydrogens (tertiary/aromatic N) is 3. The van der Waals surface area contributed by atoms with Crippen molar-refractivity contribution in [3.63, 3.8) is 0 Å². The molecule has 5 nitrogen and oxygen atoms in total. The molecular formula is C62H124N4O. The predicted molar refractivity (Wildman–Crippen MR) is 301 cm³/mol. The summed E-state index contributed by atoms with van der Waals surface area (Å²) in [6.07, 6.45) is 66.3. The second-order valence-corrected chi connectivity index (χ2v) is 22.2. The average molecular weight is 942 g/mol. The van der Waals surface area contributed by atoms with Crippen molar-refractivity contribution < 1.29 is 4.79 Å². The van der Waals surface area contributed by atoms with Gasteiger partial charge in [-0.2, -0.15) is 0 Å². The van der Waals surface area contributed by atoms with Gasteiger partial charge in [0.2, 0.25) is 0 Å². The molecule has 0 aromatic heterocycles. The highest BCUT2D eigenvalue weighted by molar-refractivity contribution is 5.86. The van der Waals surface area contributed by atoms with Gasteiger partial charge in [0, 0.05) is 19.6 Å². The molecule has 5 heteroatoms. The first-order valence-electron chi connectivity index (χ1n) is 31.1. The van der Waals surface area contributed by atoms with Crippen LogP contribution in [-0.4, -0.2) is 54.6 Å². The largest absolute Gasteiger partial charge is 0.341 e. The first kappa shape index (κ1) is 65.8. The third-order valence-corrected chi connectivity index (χ3v) is 14.6. The van der Waals surface area contributed by atoms with E-state index in [1.165, 1.54) is 295 Å². The summed E-state index contributed by atoms with van der Waals surface area (Å²) >= 11 is 0. The van der Waals surface area contributed by atoms with Gasteiger partial charge in [-0.05, 0) is 46.6 Å². The first-order chi connectivity index (χ1) is 32.9. The molecule has 1 amide bonds. The fourth-order valence-corrected chi connectivity index (χ4v) is 9.86. The maximum absolute atomic E-state index is 14.0. The Morgan fingerprint density at radius 1 is 0.403 bits per heavy atom. The zero-order valence-corrected chi connectivity index (χ0v) is 47.1. The van der Waals surface area contributed by atoms with Crippen molar-refractivity contribution in [3.05, 3.63) is 0 Å². The van der Waals surface area contributed by atoms with Crippen molar-refractivity contribution in [2.45, 2.75) is 361 Å². The number of carbonyl (C=O) groups is 1. The van der Waals surface area contributed by atoms with E-state index in [1.807, 2.05) is 13.8 Å². The van der Waals surface area contributed by atoms with Gasteiger partial charge in [-0.25, -0.2) is 9.98 Å². The summed E-state index contributed by atoms with van der Waals surface area (Å²) in [5, 5.41) is 3.60. The third kappa shape index (κ3) is 49.6. The van der Waals surface area contributed by atoms with Gasteiger partial charge in [-0.3, -0.25) is 4.79 Å². The number of amides is 1. The summed E-state index contributed by atoms with van der Waals surface area (Å²) in [6, 6.07) is 3.08. The molecule has 0 aliphatic carbocycles. The number of unbranched alkanes of at least 4 members (excludes halogenated alkanes) is 45. The van der Waals surface area contributed by atoms with E-state index in [0.717, 1.165) is 39.0 Å². The van der Waals surface area contributed by atoms with Crippen LogP contribution < -0.4 is 5.32 Å². The van der Waals surface area contributed by atoms with Crippen LogP contribution in [0.2, 0.25) is 0 Å². The molecule has 0 aromatic rings. The lowest BCUT2D eigenvalue weighted by molar-refractivity contribution is -0.135. The molecule has 0 aromatic carbocycles. The molecular weight excluding hydrogens is 817 g/mol. The highest BCUT2D eigenvalue weighted by Crippen LogP contribution is 2.19. The van der Waals surface area contributed by atoms with Crippen LogP contribution >= 0.6 is 0 Å². The van der Waals surface area contributed by atoms with Crippen molar-refractivity contribution in [1.29, 1.82) is 0 Å². The Labute approximate surface area is 422 Å². The van der Waals surface area contributed by atoms with Crippen LogP contribution in [0.3, 0.4) is 0 Å². The quantitative estimate of drug-likeness (QED) is 0.0488. The molecule has 0 aliphatic heterocycles. The first-order valence-corrected chi connectivity index (χ1v) is 31.1.